The first-order valence-corrected chi connectivity index (χ1v) is 13.0. The molecular formula is C23H29N2NaO6S2. The molecule has 2 unspecified atom stereocenters. The number of morpholine rings is 1. The molecule has 8 nitrogen and oxygen atoms in total. The predicted molar refractivity (Wildman–Crippen MR) is 135 cm³/mol. The van der Waals surface area contributed by atoms with Crippen molar-refractivity contribution in [2.45, 2.75) is 30.9 Å². The number of hydrogen-bond acceptors (Lipinski definition) is 7. The second-order valence-electron chi connectivity index (χ2n) is 7.94. The van der Waals surface area contributed by atoms with Gasteiger partial charge in [0.2, 0.25) is 5.91 Å². The SMILES string of the molecule is CC(=O)SCC(CC1CN(Cc2ccccc2)CCO1)C(=O)Nc1ccc(S(=O)(=O)O)cc1.[NaH]. The summed E-state index contributed by atoms with van der Waals surface area (Å²) < 4.78 is 37.4. The first-order chi connectivity index (χ1) is 15.7. The number of nitrogens with one attached hydrogen (secondary N) is 1. The fourth-order valence-corrected chi connectivity index (χ4v) is 4.85. The molecule has 1 aliphatic heterocycles. The number of carbonyl (C=O) groups excluding carboxylic acids is 2. The summed E-state index contributed by atoms with van der Waals surface area (Å²) in [6.45, 7) is 4.34. The van der Waals surface area contributed by atoms with E-state index in [2.05, 4.69) is 22.3 Å². The molecule has 0 aromatic heterocycles. The third kappa shape index (κ3) is 9.43. The van der Waals surface area contributed by atoms with E-state index in [4.69, 9.17) is 9.29 Å². The Balaban J connectivity index is 0.00000408. The summed E-state index contributed by atoms with van der Waals surface area (Å²) in [5.74, 6) is -0.419. The standard InChI is InChI=1S/C23H28N2O6S2.Na.H/c1-17(26)32-16-19(23(27)24-20-7-9-22(10-8-20)33(28,29)30)13-21-15-25(11-12-31-21)14-18-5-3-2-4-6-18;;/h2-10,19,21H,11-16H2,1H3,(H,24,27)(H,28,29,30);;. The molecule has 180 valence electrons. The topological polar surface area (TPSA) is 113 Å². The molecule has 34 heavy (non-hydrogen) atoms. The van der Waals surface area contributed by atoms with Crippen LogP contribution in [0.3, 0.4) is 0 Å². The van der Waals surface area contributed by atoms with Crippen molar-refractivity contribution < 1.29 is 27.3 Å². The molecule has 0 spiro atoms. The Morgan fingerprint density at radius 1 is 1.18 bits per heavy atom. The van der Waals surface area contributed by atoms with Gasteiger partial charge >= 0.3 is 29.6 Å². The van der Waals surface area contributed by atoms with Crippen LogP contribution in [0.15, 0.2) is 59.5 Å². The van der Waals surface area contributed by atoms with E-state index in [0.717, 1.165) is 24.9 Å². The molecule has 0 radical (unpaired) electrons. The zero-order valence-corrected chi connectivity index (χ0v) is 20.0. The van der Waals surface area contributed by atoms with Gasteiger partial charge in [-0.15, -0.1) is 0 Å². The molecule has 2 atom stereocenters. The Labute approximate surface area is 226 Å². The summed E-state index contributed by atoms with van der Waals surface area (Å²) in [6, 6.07) is 15.4. The fraction of sp³-hybridized carbons (Fsp3) is 0.391. The number of anilines is 1. The summed E-state index contributed by atoms with van der Waals surface area (Å²) in [5.41, 5.74) is 1.62. The first kappa shape index (κ1) is 29.0. The summed E-state index contributed by atoms with van der Waals surface area (Å²) in [7, 11) is -4.30. The summed E-state index contributed by atoms with van der Waals surface area (Å²) in [5, 5.41) is 2.71. The maximum atomic E-state index is 13.0. The van der Waals surface area contributed by atoms with E-state index in [-0.39, 0.29) is 51.6 Å². The van der Waals surface area contributed by atoms with Crippen molar-refractivity contribution in [3.8, 4) is 0 Å². The van der Waals surface area contributed by atoms with Crippen LogP contribution in [0.2, 0.25) is 0 Å². The van der Waals surface area contributed by atoms with Crippen LogP contribution >= 0.6 is 11.8 Å². The van der Waals surface area contributed by atoms with Gasteiger partial charge in [-0.2, -0.15) is 8.42 Å². The Morgan fingerprint density at radius 2 is 1.85 bits per heavy atom. The normalized spacial score (nSPS) is 17.4. The number of hydrogen-bond donors (Lipinski definition) is 2. The van der Waals surface area contributed by atoms with Crippen molar-refractivity contribution in [3.63, 3.8) is 0 Å². The van der Waals surface area contributed by atoms with E-state index in [0.29, 0.717) is 31.0 Å². The van der Waals surface area contributed by atoms with E-state index < -0.39 is 16.0 Å². The number of benzene rings is 2. The van der Waals surface area contributed by atoms with Crippen LogP contribution in [-0.2, 0) is 31.0 Å². The second kappa shape index (κ2) is 13.7. The van der Waals surface area contributed by atoms with Gasteiger partial charge in [-0.3, -0.25) is 19.0 Å². The van der Waals surface area contributed by atoms with Crippen LogP contribution in [0.1, 0.15) is 18.9 Å². The zero-order chi connectivity index (χ0) is 23.8. The maximum absolute atomic E-state index is 13.0. The quantitative estimate of drug-likeness (QED) is 0.386. The van der Waals surface area contributed by atoms with Crippen molar-refractivity contribution in [2.75, 3.05) is 30.8 Å². The van der Waals surface area contributed by atoms with Crippen LogP contribution in [0.25, 0.3) is 0 Å². The van der Waals surface area contributed by atoms with Crippen LogP contribution in [-0.4, -0.2) is 90.0 Å². The summed E-state index contributed by atoms with van der Waals surface area (Å²) in [4.78, 5) is 26.5. The molecule has 2 aromatic carbocycles. The van der Waals surface area contributed by atoms with Gasteiger partial charge in [0.1, 0.15) is 0 Å². The average molecular weight is 517 g/mol. The first-order valence-electron chi connectivity index (χ1n) is 10.6. The van der Waals surface area contributed by atoms with Crippen LogP contribution in [0.5, 0.6) is 0 Å². The Hall–Kier alpha value is -1.24. The molecule has 1 fully saturated rings. The third-order valence-corrected chi connectivity index (χ3v) is 7.14. The van der Waals surface area contributed by atoms with Crippen LogP contribution in [0, 0.1) is 5.92 Å². The molecule has 2 N–H and O–H groups in total. The van der Waals surface area contributed by atoms with Crippen molar-refractivity contribution in [3.05, 3.63) is 60.2 Å². The van der Waals surface area contributed by atoms with Gasteiger partial charge in [-0.05, 0) is 36.2 Å². The van der Waals surface area contributed by atoms with E-state index in [1.54, 1.807) is 0 Å². The van der Waals surface area contributed by atoms with E-state index in [1.165, 1.54) is 36.8 Å². The number of rotatable bonds is 9. The second-order valence-corrected chi connectivity index (χ2v) is 10.6. The molecular weight excluding hydrogens is 487 g/mol. The van der Waals surface area contributed by atoms with E-state index in [9.17, 15) is 18.0 Å². The Kier molecular flexibility index (Phi) is 11.7. The van der Waals surface area contributed by atoms with Gasteiger partial charge in [0, 0.05) is 38.0 Å². The van der Waals surface area contributed by atoms with E-state index >= 15 is 0 Å². The minimum absolute atomic E-state index is 0. The summed E-state index contributed by atoms with van der Waals surface area (Å²) in [6.07, 6.45) is 0.313. The third-order valence-electron chi connectivity index (χ3n) is 5.30. The molecule has 0 aliphatic carbocycles. The molecule has 0 bridgehead atoms. The van der Waals surface area contributed by atoms with Gasteiger partial charge in [-0.1, -0.05) is 42.1 Å². The Morgan fingerprint density at radius 3 is 2.47 bits per heavy atom. The monoisotopic (exact) mass is 516 g/mol. The zero-order valence-electron chi connectivity index (χ0n) is 18.3. The van der Waals surface area contributed by atoms with Crippen LogP contribution < -0.4 is 5.32 Å². The number of thioether (sulfide) groups is 1. The van der Waals surface area contributed by atoms with Gasteiger partial charge in [0.25, 0.3) is 10.1 Å². The van der Waals surface area contributed by atoms with Crippen molar-refractivity contribution in [1.82, 2.24) is 4.90 Å². The van der Waals surface area contributed by atoms with Crippen molar-refractivity contribution in [1.29, 1.82) is 0 Å². The van der Waals surface area contributed by atoms with Gasteiger partial charge < -0.3 is 10.1 Å². The van der Waals surface area contributed by atoms with Gasteiger partial charge in [0.15, 0.2) is 5.12 Å². The summed E-state index contributed by atoms with van der Waals surface area (Å²) >= 11 is 1.09. The molecule has 1 aliphatic rings. The van der Waals surface area contributed by atoms with E-state index in [1.807, 2.05) is 18.2 Å². The van der Waals surface area contributed by atoms with Gasteiger partial charge in [-0.25, -0.2) is 0 Å². The fourth-order valence-electron chi connectivity index (χ4n) is 3.65. The molecule has 1 heterocycles. The molecule has 11 heteroatoms. The van der Waals surface area contributed by atoms with Gasteiger partial charge in [0.05, 0.1) is 23.5 Å². The van der Waals surface area contributed by atoms with Crippen molar-refractivity contribution in [2.24, 2.45) is 5.92 Å². The average Bonchev–Trinajstić information content (AvgIpc) is 2.77. The number of ether oxygens (including phenoxy) is 1. The number of nitrogens with zero attached hydrogens (tertiary/aromatic N) is 1. The number of amides is 1. The predicted octanol–water partition coefficient (Wildman–Crippen LogP) is 2.41. The molecule has 1 saturated heterocycles. The van der Waals surface area contributed by atoms with Crippen molar-refractivity contribution >= 4 is 68.1 Å². The van der Waals surface area contributed by atoms with Crippen LogP contribution in [0.4, 0.5) is 5.69 Å². The molecule has 2 aromatic rings. The molecule has 0 saturated carbocycles. The number of carbonyl (C=O) groups is 2. The minimum atomic E-state index is -4.30. The molecule has 3 rings (SSSR count). The molecule has 1 amide bonds. The Bertz CT molecular complexity index is 1050.